The number of ether oxygens (including phenoxy) is 1. The third-order valence-corrected chi connectivity index (χ3v) is 5.55. The molecule has 1 atom stereocenters. The molecule has 2 aromatic carbocycles. The molecule has 1 fully saturated rings. The maximum Gasteiger partial charge on any atom is 0.261 e. The van der Waals surface area contributed by atoms with Crippen molar-refractivity contribution in [2.24, 2.45) is 0 Å². The van der Waals surface area contributed by atoms with Crippen molar-refractivity contribution >= 4 is 5.91 Å². The summed E-state index contributed by atoms with van der Waals surface area (Å²) in [5.41, 5.74) is 4.77. The van der Waals surface area contributed by atoms with Gasteiger partial charge in [0.1, 0.15) is 5.75 Å². The minimum atomic E-state index is -0.481. The van der Waals surface area contributed by atoms with Crippen LogP contribution in [-0.4, -0.2) is 30.0 Å². The van der Waals surface area contributed by atoms with Gasteiger partial charge in [0.15, 0.2) is 6.10 Å². The van der Waals surface area contributed by atoms with Crippen LogP contribution in [-0.2, 0) is 17.9 Å². The number of nitrogens with zero attached hydrogens (tertiary/aromatic N) is 1. The van der Waals surface area contributed by atoms with Crippen LogP contribution < -0.4 is 10.1 Å². The Kier molecular flexibility index (Phi) is 7.70. The van der Waals surface area contributed by atoms with Crippen molar-refractivity contribution in [2.75, 3.05) is 13.1 Å². The number of likely N-dealkylation sites (tertiary alicyclic amines) is 1. The summed E-state index contributed by atoms with van der Waals surface area (Å²) in [5, 5.41) is 3.09. The van der Waals surface area contributed by atoms with Crippen molar-refractivity contribution in [3.8, 4) is 5.75 Å². The molecule has 156 valence electrons. The molecule has 0 aliphatic carbocycles. The summed E-state index contributed by atoms with van der Waals surface area (Å²) in [6.45, 7) is 9.90. The molecule has 1 aliphatic rings. The fourth-order valence-corrected chi connectivity index (χ4v) is 4.03. The number of amides is 1. The van der Waals surface area contributed by atoms with Crippen LogP contribution in [0.15, 0.2) is 42.5 Å². The average Bonchev–Trinajstić information content (AvgIpc) is 2.71. The Labute approximate surface area is 175 Å². The highest BCUT2D eigenvalue weighted by molar-refractivity contribution is 5.81. The monoisotopic (exact) mass is 394 g/mol. The lowest BCUT2D eigenvalue weighted by molar-refractivity contribution is -0.128. The lowest BCUT2D eigenvalue weighted by Crippen LogP contribution is -2.38. The third kappa shape index (κ3) is 6.33. The van der Waals surface area contributed by atoms with Gasteiger partial charge in [-0.1, -0.05) is 43.7 Å². The summed E-state index contributed by atoms with van der Waals surface area (Å²) in [5.74, 6) is 0.703. The number of carbonyl (C=O) groups excluding carboxylic acids is 1. The molecular formula is C25H34N2O2. The number of carbonyl (C=O) groups is 1. The van der Waals surface area contributed by atoms with Crippen molar-refractivity contribution in [1.82, 2.24) is 10.2 Å². The van der Waals surface area contributed by atoms with Gasteiger partial charge in [-0.15, -0.1) is 0 Å². The molecule has 0 spiro atoms. The largest absolute Gasteiger partial charge is 0.481 e. The van der Waals surface area contributed by atoms with Gasteiger partial charge in [-0.25, -0.2) is 0 Å². The quantitative estimate of drug-likeness (QED) is 0.702. The molecule has 0 aromatic heterocycles. The summed E-state index contributed by atoms with van der Waals surface area (Å²) in [4.78, 5) is 15.3. The van der Waals surface area contributed by atoms with Gasteiger partial charge in [0.25, 0.3) is 5.91 Å². The molecule has 2 aromatic rings. The molecule has 1 saturated heterocycles. The van der Waals surface area contributed by atoms with Crippen molar-refractivity contribution in [3.05, 3.63) is 64.7 Å². The first kappa shape index (κ1) is 21.4. The van der Waals surface area contributed by atoms with Crippen molar-refractivity contribution in [1.29, 1.82) is 0 Å². The van der Waals surface area contributed by atoms with E-state index in [-0.39, 0.29) is 5.91 Å². The van der Waals surface area contributed by atoms with Crippen LogP contribution in [0.3, 0.4) is 0 Å². The molecule has 0 saturated carbocycles. The Morgan fingerprint density at radius 2 is 1.69 bits per heavy atom. The Balaban J connectivity index is 1.60. The van der Waals surface area contributed by atoms with Gasteiger partial charge >= 0.3 is 0 Å². The smallest absolute Gasteiger partial charge is 0.261 e. The van der Waals surface area contributed by atoms with E-state index in [0.717, 1.165) is 23.4 Å². The van der Waals surface area contributed by atoms with Gasteiger partial charge in [0.05, 0.1) is 0 Å². The topological polar surface area (TPSA) is 41.6 Å². The van der Waals surface area contributed by atoms with E-state index in [1.54, 1.807) is 0 Å². The number of aryl methyl sites for hydroxylation is 2. The van der Waals surface area contributed by atoms with Crippen molar-refractivity contribution in [2.45, 2.75) is 65.6 Å². The zero-order valence-corrected chi connectivity index (χ0v) is 18.0. The summed E-state index contributed by atoms with van der Waals surface area (Å²) >= 11 is 0. The molecular weight excluding hydrogens is 360 g/mol. The van der Waals surface area contributed by atoms with E-state index in [1.807, 2.05) is 39.0 Å². The molecule has 1 aliphatic heterocycles. The summed E-state index contributed by atoms with van der Waals surface area (Å²) < 4.78 is 6.01. The Morgan fingerprint density at radius 3 is 2.34 bits per heavy atom. The predicted octanol–water partition coefficient (Wildman–Crippen LogP) is 4.76. The highest BCUT2D eigenvalue weighted by Gasteiger charge is 2.19. The maximum absolute atomic E-state index is 12.8. The zero-order valence-electron chi connectivity index (χ0n) is 18.0. The fourth-order valence-electron chi connectivity index (χ4n) is 4.03. The van der Waals surface area contributed by atoms with E-state index >= 15 is 0 Å². The minimum Gasteiger partial charge on any atom is -0.481 e. The molecule has 1 unspecified atom stereocenters. The predicted molar refractivity (Wildman–Crippen MR) is 118 cm³/mol. The van der Waals surface area contributed by atoms with Crippen LogP contribution in [0, 0.1) is 13.8 Å². The van der Waals surface area contributed by atoms with Crippen molar-refractivity contribution in [3.63, 3.8) is 0 Å². The second-order valence-corrected chi connectivity index (χ2v) is 8.16. The molecule has 1 heterocycles. The van der Waals surface area contributed by atoms with Gasteiger partial charge in [-0.2, -0.15) is 0 Å². The van der Waals surface area contributed by atoms with E-state index in [1.165, 1.54) is 43.5 Å². The Bertz CT molecular complexity index is 792. The molecule has 1 amide bonds. The first-order valence-electron chi connectivity index (χ1n) is 10.9. The summed E-state index contributed by atoms with van der Waals surface area (Å²) in [7, 11) is 0. The highest BCUT2D eigenvalue weighted by Crippen LogP contribution is 2.19. The molecule has 4 nitrogen and oxygen atoms in total. The van der Waals surface area contributed by atoms with Crippen LogP contribution >= 0.6 is 0 Å². The number of hydrogen-bond acceptors (Lipinski definition) is 3. The number of nitrogens with one attached hydrogen (secondary N) is 1. The van der Waals surface area contributed by atoms with Gasteiger partial charge in [0.2, 0.25) is 0 Å². The summed E-state index contributed by atoms with van der Waals surface area (Å²) in [6, 6.07) is 14.5. The highest BCUT2D eigenvalue weighted by atomic mass is 16.5. The number of rotatable bonds is 8. The lowest BCUT2D eigenvalue weighted by Gasteiger charge is -2.27. The first-order valence-corrected chi connectivity index (χ1v) is 10.9. The van der Waals surface area contributed by atoms with Gasteiger partial charge in [0, 0.05) is 13.1 Å². The fraction of sp³-hybridized carbons (Fsp3) is 0.480. The Hall–Kier alpha value is -2.33. The van der Waals surface area contributed by atoms with E-state index in [9.17, 15) is 4.79 Å². The minimum absolute atomic E-state index is 0.0561. The van der Waals surface area contributed by atoms with E-state index in [2.05, 4.69) is 34.5 Å². The molecule has 0 radical (unpaired) electrons. The van der Waals surface area contributed by atoms with Crippen LogP contribution in [0.25, 0.3) is 0 Å². The lowest BCUT2D eigenvalue weighted by atomic mass is 10.0. The number of benzene rings is 2. The normalized spacial score (nSPS) is 15.7. The van der Waals surface area contributed by atoms with Crippen LogP contribution in [0.1, 0.15) is 54.9 Å². The first-order chi connectivity index (χ1) is 14.0. The number of hydrogen-bond donors (Lipinski definition) is 1. The third-order valence-electron chi connectivity index (χ3n) is 5.55. The van der Waals surface area contributed by atoms with E-state index < -0.39 is 6.10 Å². The molecule has 0 bridgehead atoms. The molecule has 4 heteroatoms. The molecule has 29 heavy (non-hydrogen) atoms. The van der Waals surface area contributed by atoms with Crippen LogP contribution in [0.2, 0.25) is 0 Å². The second-order valence-electron chi connectivity index (χ2n) is 8.16. The van der Waals surface area contributed by atoms with Crippen LogP contribution in [0.4, 0.5) is 0 Å². The molecule has 3 rings (SSSR count). The SMILES string of the molecule is CCC(Oc1cc(C)cc(C)c1)C(=O)NCc1ccccc1CN1CCCCC1. The maximum atomic E-state index is 12.8. The van der Waals surface area contributed by atoms with Crippen LogP contribution in [0.5, 0.6) is 5.75 Å². The van der Waals surface area contributed by atoms with Gasteiger partial charge in [-0.3, -0.25) is 9.69 Å². The Morgan fingerprint density at radius 1 is 1.03 bits per heavy atom. The van der Waals surface area contributed by atoms with Gasteiger partial charge < -0.3 is 10.1 Å². The average molecular weight is 395 g/mol. The van der Waals surface area contributed by atoms with E-state index in [0.29, 0.717) is 13.0 Å². The standard InChI is InChI=1S/C25H34N2O2/c1-4-24(29-23-15-19(2)14-20(3)16-23)25(28)26-17-21-10-6-7-11-22(21)18-27-12-8-5-9-13-27/h6-7,10-11,14-16,24H,4-5,8-9,12-13,17-18H2,1-3H3,(H,26,28). The van der Waals surface area contributed by atoms with Crippen molar-refractivity contribution < 1.29 is 9.53 Å². The zero-order chi connectivity index (χ0) is 20.6. The second kappa shape index (κ2) is 10.4. The summed E-state index contributed by atoms with van der Waals surface area (Å²) in [6.07, 6.45) is 4.06. The number of piperidine rings is 1. The van der Waals surface area contributed by atoms with E-state index in [4.69, 9.17) is 4.74 Å². The molecule has 1 N–H and O–H groups in total. The van der Waals surface area contributed by atoms with Gasteiger partial charge in [-0.05, 0) is 80.6 Å².